The molecule has 2 amide bonds. The first-order chi connectivity index (χ1) is 14.7. The van der Waals surface area contributed by atoms with Crippen LogP contribution >= 0.6 is 0 Å². The summed E-state index contributed by atoms with van der Waals surface area (Å²) in [5.41, 5.74) is 2.43. The van der Waals surface area contributed by atoms with Gasteiger partial charge in [0, 0.05) is 31.7 Å². The van der Waals surface area contributed by atoms with Crippen LogP contribution in [-0.4, -0.2) is 62.2 Å². The highest BCUT2D eigenvalue weighted by atomic mass is 32.2. The second-order valence-corrected chi connectivity index (χ2v) is 9.59. The summed E-state index contributed by atoms with van der Waals surface area (Å²) in [4.78, 5) is 26.5. The van der Waals surface area contributed by atoms with Gasteiger partial charge in [-0.15, -0.1) is 0 Å². The Bertz CT molecular complexity index is 1050. The number of nitrogens with one attached hydrogen (secondary N) is 1. The average molecular weight is 448 g/mol. The van der Waals surface area contributed by atoms with E-state index in [9.17, 15) is 22.4 Å². The molecule has 0 aliphatic carbocycles. The van der Waals surface area contributed by atoms with E-state index in [-0.39, 0.29) is 42.9 Å². The van der Waals surface area contributed by atoms with Crippen molar-refractivity contribution < 1.29 is 22.4 Å². The Morgan fingerprint density at radius 3 is 2.26 bits per heavy atom. The summed E-state index contributed by atoms with van der Waals surface area (Å²) in [6, 6.07) is 10.2. The van der Waals surface area contributed by atoms with Crippen LogP contribution in [0.2, 0.25) is 0 Å². The zero-order valence-electron chi connectivity index (χ0n) is 17.6. The van der Waals surface area contributed by atoms with Crippen molar-refractivity contribution in [2.45, 2.75) is 25.2 Å². The highest BCUT2D eigenvalue weighted by Gasteiger charge is 2.28. The first-order valence-electron chi connectivity index (χ1n) is 10.1. The van der Waals surface area contributed by atoms with E-state index in [4.69, 9.17) is 0 Å². The maximum Gasteiger partial charge on any atom is 0.251 e. The number of nitrogens with zero attached hydrogens (tertiary/aromatic N) is 2. The lowest BCUT2D eigenvalue weighted by Gasteiger charge is -2.22. The van der Waals surface area contributed by atoms with Gasteiger partial charge < -0.3 is 10.2 Å². The number of hydrogen-bond donors (Lipinski definition) is 1. The molecule has 0 saturated carbocycles. The van der Waals surface area contributed by atoms with Gasteiger partial charge in [-0.25, -0.2) is 12.8 Å². The van der Waals surface area contributed by atoms with Crippen LogP contribution in [0, 0.1) is 19.7 Å². The third-order valence-corrected chi connectivity index (χ3v) is 7.06. The molecule has 166 valence electrons. The largest absolute Gasteiger partial charge is 0.343 e. The summed E-state index contributed by atoms with van der Waals surface area (Å²) >= 11 is 0. The van der Waals surface area contributed by atoms with Gasteiger partial charge in [0.15, 0.2) is 0 Å². The van der Waals surface area contributed by atoms with Crippen LogP contribution in [0.3, 0.4) is 0 Å². The molecule has 2 aromatic rings. The van der Waals surface area contributed by atoms with Gasteiger partial charge >= 0.3 is 0 Å². The van der Waals surface area contributed by atoms with E-state index in [1.165, 1.54) is 16.4 Å². The van der Waals surface area contributed by atoms with Crippen LogP contribution in [0.1, 0.15) is 27.9 Å². The second-order valence-electron chi connectivity index (χ2n) is 7.65. The zero-order chi connectivity index (χ0) is 22.6. The molecule has 0 atom stereocenters. The summed E-state index contributed by atoms with van der Waals surface area (Å²) in [5.74, 6) is -1.09. The SMILES string of the molecule is Cc1cc(C)cc(C(=O)NCC(=O)N2CCCN(S(=O)(=O)c3ccc(F)cc3)CC2)c1. The molecule has 0 bridgehead atoms. The van der Waals surface area contributed by atoms with Crippen molar-refractivity contribution in [2.75, 3.05) is 32.7 Å². The lowest BCUT2D eigenvalue weighted by Crippen LogP contribution is -2.42. The molecule has 0 spiro atoms. The molecule has 1 saturated heterocycles. The van der Waals surface area contributed by atoms with Gasteiger partial charge in [-0.05, 0) is 56.7 Å². The monoisotopic (exact) mass is 447 g/mol. The van der Waals surface area contributed by atoms with Crippen LogP contribution in [-0.2, 0) is 14.8 Å². The number of amides is 2. The molecule has 0 unspecified atom stereocenters. The predicted molar refractivity (Wildman–Crippen MR) is 115 cm³/mol. The number of hydrogen-bond acceptors (Lipinski definition) is 4. The molecular formula is C22H26FN3O4S. The van der Waals surface area contributed by atoms with E-state index in [1.807, 2.05) is 19.9 Å². The fraction of sp³-hybridized carbons (Fsp3) is 0.364. The lowest BCUT2D eigenvalue weighted by molar-refractivity contribution is -0.129. The highest BCUT2D eigenvalue weighted by Crippen LogP contribution is 2.18. The Kier molecular flexibility index (Phi) is 7.07. The summed E-state index contributed by atoms with van der Waals surface area (Å²) in [6.45, 7) is 4.66. The van der Waals surface area contributed by atoms with Crippen LogP contribution < -0.4 is 5.32 Å². The normalized spacial score (nSPS) is 15.4. The van der Waals surface area contributed by atoms with Crippen molar-refractivity contribution in [3.05, 3.63) is 65.0 Å². The Balaban J connectivity index is 1.58. The number of halogens is 1. The lowest BCUT2D eigenvalue weighted by atomic mass is 10.1. The van der Waals surface area contributed by atoms with E-state index >= 15 is 0 Å². The molecule has 0 aromatic heterocycles. The zero-order valence-corrected chi connectivity index (χ0v) is 18.4. The van der Waals surface area contributed by atoms with Gasteiger partial charge in [0.05, 0.1) is 11.4 Å². The summed E-state index contributed by atoms with van der Waals surface area (Å²) in [6.07, 6.45) is 0.469. The molecule has 0 radical (unpaired) electrons. The molecule has 1 N–H and O–H groups in total. The molecule has 9 heteroatoms. The van der Waals surface area contributed by atoms with Gasteiger partial charge in [-0.3, -0.25) is 9.59 Å². The predicted octanol–water partition coefficient (Wildman–Crippen LogP) is 2.10. The van der Waals surface area contributed by atoms with Crippen molar-refractivity contribution in [3.63, 3.8) is 0 Å². The maximum absolute atomic E-state index is 13.1. The van der Waals surface area contributed by atoms with Gasteiger partial charge in [-0.1, -0.05) is 17.2 Å². The molecule has 1 heterocycles. The Labute approximate surface area is 181 Å². The first-order valence-corrected chi connectivity index (χ1v) is 11.5. The number of carbonyl (C=O) groups excluding carboxylic acids is 2. The van der Waals surface area contributed by atoms with E-state index in [0.29, 0.717) is 18.5 Å². The van der Waals surface area contributed by atoms with E-state index in [1.54, 1.807) is 17.0 Å². The summed E-state index contributed by atoms with van der Waals surface area (Å²) in [5, 5.41) is 2.65. The van der Waals surface area contributed by atoms with E-state index in [0.717, 1.165) is 23.3 Å². The fourth-order valence-corrected chi connectivity index (χ4v) is 5.08. The van der Waals surface area contributed by atoms with Crippen molar-refractivity contribution in [1.29, 1.82) is 0 Å². The average Bonchev–Trinajstić information content (AvgIpc) is 2.98. The molecule has 1 fully saturated rings. The fourth-order valence-electron chi connectivity index (χ4n) is 3.61. The second kappa shape index (κ2) is 9.57. The number of sulfonamides is 1. The van der Waals surface area contributed by atoms with Crippen LogP contribution in [0.25, 0.3) is 0 Å². The molecule has 7 nitrogen and oxygen atoms in total. The number of rotatable bonds is 5. The minimum Gasteiger partial charge on any atom is -0.343 e. The molecule has 3 rings (SSSR count). The van der Waals surface area contributed by atoms with Crippen molar-refractivity contribution in [2.24, 2.45) is 0 Å². The van der Waals surface area contributed by atoms with E-state index < -0.39 is 15.8 Å². The quantitative estimate of drug-likeness (QED) is 0.761. The number of carbonyl (C=O) groups is 2. The van der Waals surface area contributed by atoms with Gasteiger partial charge in [0.25, 0.3) is 5.91 Å². The molecule has 31 heavy (non-hydrogen) atoms. The van der Waals surface area contributed by atoms with Gasteiger partial charge in [-0.2, -0.15) is 4.31 Å². The third-order valence-electron chi connectivity index (χ3n) is 5.14. The van der Waals surface area contributed by atoms with Crippen LogP contribution in [0.5, 0.6) is 0 Å². The number of benzene rings is 2. The van der Waals surface area contributed by atoms with Gasteiger partial charge in [0.1, 0.15) is 5.82 Å². The molecular weight excluding hydrogens is 421 g/mol. The molecule has 1 aliphatic rings. The Morgan fingerprint density at radius 1 is 0.968 bits per heavy atom. The van der Waals surface area contributed by atoms with Crippen molar-refractivity contribution in [3.8, 4) is 0 Å². The van der Waals surface area contributed by atoms with E-state index in [2.05, 4.69) is 5.32 Å². The minimum absolute atomic E-state index is 0.0226. The van der Waals surface area contributed by atoms with Crippen LogP contribution in [0.4, 0.5) is 4.39 Å². The standard InChI is InChI=1S/C22H26FN3O4S/c1-16-12-17(2)14-18(13-16)22(28)24-15-21(27)25-8-3-9-26(11-10-25)31(29,30)20-6-4-19(23)5-7-20/h4-7,12-14H,3,8-11,15H2,1-2H3,(H,24,28). The summed E-state index contributed by atoms with van der Waals surface area (Å²) in [7, 11) is -3.76. The van der Waals surface area contributed by atoms with Crippen LogP contribution in [0.15, 0.2) is 47.4 Å². The Hall–Kier alpha value is -2.78. The molecule has 2 aromatic carbocycles. The maximum atomic E-state index is 13.1. The third kappa shape index (κ3) is 5.68. The minimum atomic E-state index is -3.76. The topological polar surface area (TPSA) is 86.8 Å². The highest BCUT2D eigenvalue weighted by molar-refractivity contribution is 7.89. The van der Waals surface area contributed by atoms with Gasteiger partial charge in [0.2, 0.25) is 15.9 Å². The van der Waals surface area contributed by atoms with Crippen molar-refractivity contribution >= 4 is 21.8 Å². The first kappa shape index (κ1) is 22.9. The summed E-state index contributed by atoms with van der Waals surface area (Å²) < 4.78 is 40.0. The smallest absolute Gasteiger partial charge is 0.251 e. The molecule has 1 aliphatic heterocycles. The Morgan fingerprint density at radius 2 is 1.61 bits per heavy atom. The number of aryl methyl sites for hydroxylation is 2. The van der Waals surface area contributed by atoms with Crippen molar-refractivity contribution in [1.82, 2.24) is 14.5 Å².